The molecule has 1 atom stereocenters. The predicted molar refractivity (Wildman–Crippen MR) is 98.9 cm³/mol. The highest BCUT2D eigenvalue weighted by molar-refractivity contribution is 7.10. The van der Waals surface area contributed by atoms with E-state index in [1.165, 1.54) is 4.88 Å². The van der Waals surface area contributed by atoms with Crippen LogP contribution in [0, 0.1) is 0 Å². The van der Waals surface area contributed by atoms with Gasteiger partial charge in [-0.3, -0.25) is 9.69 Å². The Bertz CT molecular complexity index is 652. The second-order valence-electron chi connectivity index (χ2n) is 6.02. The van der Waals surface area contributed by atoms with Gasteiger partial charge in [0, 0.05) is 37.2 Å². The molecule has 2 aromatic rings. The highest BCUT2D eigenvalue weighted by atomic mass is 32.1. The molecule has 5 nitrogen and oxygen atoms in total. The Morgan fingerprint density at radius 3 is 2.68 bits per heavy atom. The zero-order chi connectivity index (χ0) is 17.5. The number of morpholine rings is 1. The third-order valence-corrected chi connectivity index (χ3v) is 5.31. The molecule has 0 saturated carbocycles. The molecular weight excluding hydrogens is 336 g/mol. The summed E-state index contributed by atoms with van der Waals surface area (Å²) in [6.07, 6.45) is 0. The van der Waals surface area contributed by atoms with E-state index in [1.807, 2.05) is 24.3 Å². The van der Waals surface area contributed by atoms with Gasteiger partial charge in [0.05, 0.1) is 25.9 Å². The van der Waals surface area contributed by atoms with Crippen molar-refractivity contribution >= 4 is 17.2 Å². The number of nitrogens with zero attached hydrogens (tertiary/aromatic N) is 1. The number of thiophene rings is 1. The van der Waals surface area contributed by atoms with Gasteiger partial charge < -0.3 is 14.8 Å². The second kappa shape index (κ2) is 9.10. The molecule has 3 rings (SSSR count). The van der Waals surface area contributed by atoms with Crippen molar-refractivity contribution in [2.45, 2.75) is 12.6 Å². The van der Waals surface area contributed by atoms with Crippen LogP contribution in [0.5, 0.6) is 0 Å². The Labute approximate surface area is 152 Å². The molecule has 1 saturated heterocycles. The summed E-state index contributed by atoms with van der Waals surface area (Å²) in [7, 11) is 1.66. The number of rotatable bonds is 7. The number of carbonyl (C=O) groups is 1. The van der Waals surface area contributed by atoms with Gasteiger partial charge in [-0.05, 0) is 29.1 Å². The van der Waals surface area contributed by atoms with Crippen molar-refractivity contribution in [3.8, 4) is 0 Å². The topological polar surface area (TPSA) is 50.8 Å². The van der Waals surface area contributed by atoms with Crippen molar-refractivity contribution in [2.75, 3.05) is 40.0 Å². The summed E-state index contributed by atoms with van der Waals surface area (Å²) in [6, 6.07) is 11.9. The summed E-state index contributed by atoms with van der Waals surface area (Å²) < 4.78 is 10.6. The van der Waals surface area contributed by atoms with Crippen LogP contribution in [0.2, 0.25) is 0 Å². The van der Waals surface area contributed by atoms with E-state index >= 15 is 0 Å². The highest BCUT2D eigenvalue weighted by Crippen LogP contribution is 2.25. The van der Waals surface area contributed by atoms with E-state index in [1.54, 1.807) is 18.4 Å². The molecule has 0 bridgehead atoms. The van der Waals surface area contributed by atoms with E-state index in [-0.39, 0.29) is 11.9 Å². The van der Waals surface area contributed by atoms with Crippen molar-refractivity contribution in [1.29, 1.82) is 0 Å². The minimum Gasteiger partial charge on any atom is -0.380 e. The fourth-order valence-electron chi connectivity index (χ4n) is 2.99. The molecule has 0 radical (unpaired) electrons. The molecule has 1 aliphatic heterocycles. The number of carbonyl (C=O) groups excluding carboxylic acids is 1. The van der Waals surface area contributed by atoms with Crippen LogP contribution in [0.3, 0.4) is 0 Å². The van der Waals surface area contributed by atoms with Crippen molar-refractivity contribution in [3.05, 3.63) is 57.8 Å². The van der Waals surface area contributed by atoms with Crippen LogP contribution in [0.25, 0.3) is 0 Å². The fraction of sp³-hybridized carbons (Fsp3) is 0.421. The normalized spacial score (nSPS) is 16.5. The van der Waals surface area contributed by atoms with Gasteiger partial charge in [-0.25, -0.2) is 0 Å². The standard InChI is InChI=1S/C19H24N2O3S/c1-23-14-15-4-6-16(7-5-15)19(22)20-13-17(18-3-2-12-25-18)21-8-10-24-11-9-21/h2-7,12,17H,8-11,13-14H2,1H3,(H,20,22). The first-order valence-corrected chi connectivity index (χ1v) is 9.37. The number of benzene rings is 1. The Balaban J connectivity index is 1.62. The van der Waals surface area contributed by atoms with Gasteiger partial charge >= 0.3 is 0 Å². The largest absolute Gasteiger partial charge is 0.380 e. The number of hydrogen-bond donors (Lipinski definition) is 1. The smallest absolute Gasteiger partial charge is 0.251 e. The molecule has 1 aromatic carbocycles. The molecular formula is C19H24N2O3S. The Morgan fingerprint density at radius 1 is 1.28 bits per heavy atom. The van der Waals surface area contributed by atoms with E-state index in [0.717, 1.165) is 31.9 Å². The lowest BCUT2D eigenvalue weighted by atomic mass is 10.1. The van der Waals surface area contributed by atoms with Crippen LogP contribution in [0.15, 0.2) is 41.8 Å². The summed E-state index contributed by atoms with van der Waals surface area (Å²) in [5.41, 5.74) is 1.73. The van der Waals surface area contributed by atoms with Crippen LogP contribution >= 0.6 is 11.3 Å². The monoisotopic (exact) mass is 360 g/mol. The fourth-order valence-corrected chi connectivity index (χ4v) is 3.85. The van der Waals surface area contributed by atoms with Gasteiger partial charge in [-0.2, -0.15) is 0 Å². The lowest BCUT2D eigenvalue weighted by molar-refractivity contribution is 0.0169. The third kappa shape index (κ3) is 4.89. The third-order valence-electron chi connectivity index (χ3n) is 4.34. The van der Waals surface area contributed by atoms with E-state index in [2.05, 4.69) is 27.7 Å². The van der Waals surface area contributed by atoms with Crippen LogP contribution < -0.4 is 5.32 Å². The first-order valence-electron chi connectivity index (χ1n) is 8.49. The Hall–Kier alpha value is -1.73. The predicted octanol–water partition coefficient (Wildman–Crippen LogP) is 2.70. The Kier molecular flexibility index (Phi) is 6.58. The first-order chi connectivity index (χ1) is 12.3. The summed E-state index contributed by atoms with van der Waals surface area (Å²) >= 11 is 1.73. The van der Waals surface area contributed by atoms with Gasteiger partial charge in [-0.1, -0.05) is 18.2 Å². The highest BCUT2D eigenvalue weighted by Gasteiger charge is 2.24. The maximum atomic E-state index is 12.5. The average molecular weight is 360 g/mol. The van der Waals surface area contributed by atoms with Crippen molar-refractivity contribution < 1.29 is 14.3 Å². The Morgan fingerprint density at radius 2 is 2.04 bits per heavy atom. The summed E-state index contributed by atoms with van der Waals surface area (Å²) in [6.45, 7) is 4.43. The SMILES string of the molecule is COCc1ccc(C(=O)NCC(c2cccs2)N2CCOCC2)cc1. The minimum absolute atomic E-state index is 0.0428. The van der Waals surface area contributed by atoms with Crippen LogP contribution in [0.1, 0.15) is 26.8 Å². The number of amides is 1. The van der Waals surface area contributed by atoms with E-state index in [9.17, 15) is 4.79 Å². The molecule has 1 unspecified atom stereocenters. The van der Waals surface area contributed by atoms with Gasteiger partial charge in [0.2, 0.25) is 0 Å². The lowest BCUT2D eigenvalue weighted by Gasteiger charge is -2.34. The molecule has 25 heavy (non-hydrogen) atoms. The molecule has 134 valence electrons. The van der Waals surface area contributed by atoms with E-state index in [4.69, 9.17) is 9.47 Å². The number of ether oxygens (including phenoxy) is 2. The van der Waals surface area contributed by atoms with Crippen molar-refractivity contribution in [3.63, 3.8) is 0 Å². The van der Waals surface area contributed by atoms with Gasteiger partial charge in [0.15, 0.2) is 0 Å². The van der Waals surface area contributed by atoms with Crippen LogP contribution in [0.4, 0.5) is 0 Å². The quantitative estimate of drug-likeness (QED) is 0.825. The number of hydrogen-bond acceptors (Lipinski definition) is 5. The van der Waals surface area contributed by atoms with Crippen LogP contribution in [-0.4, -0.2) is 50.8 Å². The molecule has 1 fully saturated rings. The molecule has 1 aliphatic rings. The summed E-state index contributed by atoms with van der Waals surface area (Å²) in [5.74, 6) is -0.0428. The average Bonchev–Trinajstić information content (AvgIpc) is 3.18. The molecule has 0 spiro atoms. The molecule has 2 heterocycles. The van der Waals surface area contributed by atoms with E-state index < -0.39 is 0 Å². The maximum absolute atomic E-state index is 12.5. The second-order valence-corrected chi connectivity index (χ2v) is 7.00. The van der Waals surface area contributed by atoms with Gasteiger partial charge in [-0.15, -0.1) is 11.3 Å². The van der Waals surface area contributed by atoms with Crippen molar-refractivity contribution in [1.82, 2.24) is 10.2 Å². The molecule has 1 aromatic heterocycles. The number of nitrogens with one attached hydrogen (secondary N) is 1. The molecule has 1 N–H and O–H groups in total. The molecule has 0 aliphatic carbocycles. The lowest BCUT2D eigenvalue weighted by Crippen LogP contribution is -2.43. The minimum atomic E-state index is -0.0428. The maximum Gasteiger partial charge on any atom is 0.251 e. The van der Waals surface area contributed by atoms with Crippen LogP contribution in [-0.2, 0) is 16.1 Å². The first kappa shape index (κ1) is 18.1. The zero-order valence-corrected chi connectivity index (χ0v) is 15.3. The van der Waals surface area contributed by atoms with Gasteiger partial charge in [0.25, 0.3) is 5.91 Å². The van der Waals surface area contributed by atoms with E-state index in [0.29, 0.717) is 18.7 Å². The zero-order valence-electron chi connectivity index (χ0n) is 14.4. The summed E-state index contributed by atoms with van der Waals surface area (Å²) in [5, 5.41) is 5.17. The molecule has 1 amide bonds. The van der Waals surface area contributed by atoms with Crippen molar-refractivity contribution in [2.24, 2.45) is 0 Å². The molecule has 6 heteroatoms. The summed E-state index contributed by atoms with van der Waals surface area (Å²) in [4.78, 5) is 16.2. The van der Waals surface area contributed by atoms with Gasteiger partial charge in [0.1, 0.15) is 0 Å². The number of methoxy groups -OCH3 is 1.